The summed E-state index contributed by atoms with van der Waals surface area (Å²) in [7, 11) is 0. The van der Waals surface area contributed by atoms with Crippen LogP contribution in [-0.2, 0) is 4.79 Å². The Morgan fingerprint density at radius 2 is 2.35 bits per heavy atom. The number of aliphatic carboxylic acids is 1. The van der Waals surface area contributed by atoms with Crippen molar-refractivity contribution in [3.8, 4) is 0 Å². The Bertz CT molecular complexity index is 652. The molecule has 3 rings (SSSR count). The molecule has 0 aliphatic carbocycles. The zero-order valence-electron chi connectivity index (χ0n) is 10.8. The molecule has 106 valence electrons. The van der Waals surface area contributed by atoms with Crippen LogP contribution in [-0.4, -0.2) is 40.1 Å². The van der Waals surface area contributed by atoms with Crippen molar-refractivity contribution in [3.05, 3.63) is 11.4 Å². The van der Waals surface area contributed by atoms with Gasteiger partial charge in [0.1, 0.15) is 4.01 Å². The van der Waals surface area contributed by atoms with Crippen LogP contribution in [0, 0.1) is 5.41 Å². The number of carbonyl (C=O) groups is 2. The van der Waals surface area contributed by atoms with Crippen molar-refractivity contribution >= 4 is 49.3 Å². The molecular formula is C12H13N3O3S2. The van der Waals surface area contributed by atoms with Crippen LogP contribution in [0.1, 0.15) is 13.3 Å². The fraction of sp³-hybridized carbons (Fsp3) is 0.417. The first-order valence-corrected chi connectivity index (χ1v) is 7.81. The van der Waals surface area contributed by atoms with Crippen molar-refractivity contribution in [3.63, 3.8) is 0 Å². The molecule has 1 aliphatic heterocycles. The minimum absolute atomic E-state index is 0.230. The van der Waals surface area contributed by atoms with Crippen LogP contribution >= 0.6 is 22.7 Å². The van der Waals surface area contributed by atoms with Crippen molar-refractivity contribution < 1.29 is 14.7 Å². The van der Waals surface area contributed by atoms with Crippen LogP contribution < -0.4 is 5.32 Å². The number of nitrogens with zero attached hydrogens (tertiary/aromatic N) is 2. The van der Waals surface area contributed by atoms with Crippen LogP contribution in [0.5, 0.6) is 0 Å². The predicted molar refractivity (Wildman–Crippen MR) is 78.4 cm³/mol. The third-order valence-corrected chi connectivity index (χ3v) is 5.53. The van der Waals surface area contributed by atoms with E-state index in [4.69, 9.17) is 5.11 Å². The van der Waals surface area contributed by atoms with Gasteiger partial charge in [-0.3, -0.25) is 10.1 Å². The summed E-state index contributed by atoms with van der Waals surface area (Å²) in [5.74, 6) is -0.859. The van der Waals surface area contributed by atoms with Gasteiger partial charge in [0.05, 0.1) is 10.9 Å². The largest absolute Gasteiger partial charge is 0.481 e. The van der Waals surface area contributed by atoms with Crippen LogP contribution in [0.2, 0.25) is 0 Å². The lowest BCUT2D eigenvalue weighted by molar-refractivity contribution is -0.146. The number of likely N-dealkylation sites (tertiary alicyclic amines) is 1. The molecule has 6 nitrogen and oxygen atoms in total. The Balaban J connectivity index is 1.68. The van der Waals surface area contributed by atoms with Gasteiger partial charge in [-0.2, -0.15) is 0 Å². The monoisotopic (exact) mass is 311 g/mol. The standard InChI is InChI=1S/C12H13N3O3S2/c1-12(9(16)17)3-4-15(6-12)11(18)14-10-13-7-2-5-19-8(7)20-10/h2,5H,3-4,6H2,1H3,(H,16,17)(H,13,14,18). The molecule has 2 aromatic heterocycles. The Kier molecular flexibility index (Phi) is 3.14. The van der Waals surface area contributed by atoms with E-state index in [-0.39, 0.29) is 12.6 Å². The summed E-state index contributed by atoms with van der Waals surface area (Å²) in [6, 6.07) is 1.63. The molecule has 3 heterocycles. The summed E-state index contributed by atoms with van der Waals surface area (Å²) in [6.07, 6.45) is 0.475. The minimum Gasteiger partial charge on any atom is -0.481 e. The SMILES string of the molecule is CC1(C(=O)O)CCN(C(=O)Nc2nc3ccsc3s2)C1. The number of anilines is 1. The number of hydrogen-bond donors (Lipinski definition) is 2. The maximum absolute atomic E-state index is 12.1. The highest BCUT2D eigenvalue weighted by Crippen LogP contribution is 2.32. The highest BCUT2D eigenvalue weighted by atomic mass is 32.2. The second-order valence-electron chi connectivity index (χ2n) is 5.08. The summed E-state index contributed by atoms with van der Waals surface area (Å²) in [5.41, 5.74) is 0.0349. The number of thiophene rings is 1. The molecular weight excluding hydrogens is 298 g/mol. The average molecular weight is 311 g/mol. The van der Waals surface area contributed by atoms with Gasteiger partial charge in [-0.25, -0.2) is 9.78 Å². The van der Waals surface area contributed by atoms with Gasteiger partial charge in [0.15, 0.2) is 5.13 Å². The molecule has 0 bridgehead atoms. The van der Waals surface area contributed by atoms with Crippen molar-refractivity contribution in [1.29, 1.82) is 0 Å². The maximum atomic E-state index is 12.1. The zero-order valence-corrected chi connectivity index (χ0v) is 12.4. The summed E-state index contributed by atoms with van der Waals surface area (Å²) < 4.78 is 1.07. The molecule has 8 heteroatoms. The number of fused-ring (bicyclic) bond motifs is 1. The molecule has 20 heavy (non-hydrogen) atoms. The van der Waals surface area contributed by atoms with Gasteiger partial charge >= 0.3 is 12.0 Å². The van der Waals surface area contributed by atoms with E-state index in [1.165, 1.54) is 16.2 Å². The molecule has 0 radical (unpaired) electrons. The first kappa shape index (κ1) is 13.3. The fourth-order valence-corrected chi connectivity index (χ4v) is 4.03. The van der Waals surface area contributed by atoms with Gasteiger partial charge in [0.2, 0.25) is 0 Å². The van der Waals surface area contributed by atoms with Crippen molar-refractivity contribution in [2.24, 2.45) is 5.41 Å². The molecule has 1 saturated heterocycles. The molecule has 0 spiro atoms. The van der Waals surface area contributed by atoms with Crippen LogP contribution in [0.4, 0.5) is 9.93 Å². The Morgan fingerprint density at radius 3 is 3.00 bits per heavy atom. The third-order valence-electron chi connectivity index (χ3n) is 3.51. The summed E-state index contributed by atoms with van der Waals surface area (Å²) in [5, 5.41) is 14.4. The summed E-state index contributed by atoms with van der Waals surface area (Å²) >= 11 is 3.01. The fourth-order valence-electron chi connectivity index (χ4n) is 2.20. The van der Waals surface area contributed by atoms with E-state index in [9.17, 15) is 9.59 Å². The van der Waals surface area contributed by atoms with Gasteiger partial charge in [0, 0.05) is 13.1 Å². The van der Waals surface area contributed by atoms with E-state index in [0.717, 1.165) is 9.53 Å². The van der Waals surface area contributed by atoms with E-state index in [1.54, 1.807) is 18.3 Å². The topological polar surface area (TPSA) is 82.5 Å². The quantitative estimate of drug-likeness (QED) is 0.893. The molecule has 1 unspecified atom stereocenters. The minimum atomic E-state index is -0.859. The van der Waals surface area contributed by atoms with E-state index in [2.05, 4.69) is 10.3 Å². The van der Waals surface area contributed by atoms with Gasteiger partial charge < -0.3 is 10.0 Å². The molecule has 2 aromatic rings. The first-order valence-electron chi connectivity index (χ1n) is 6.11. The second kappa shape index (κ2) is 4.71. The highest BCUT2D eigenvalue weighted by molar-refractivity contribution is 7.39. The van der Waals surface area contributed by atoms with Crippen molar-refractivity contribution in [2.45, 2.75) is 13.3 Å². The number of aromatic nitrogens is 1. The molecule has 0 saturated carbocycles. The Labute approximate surface area is 123 Å². The first-order chi connectivity index (χ1) is 9.48. The smallest absolute Gasteiger partial charge is 0.323 e. The summed E-state index contributed by atoms with van der Waals surface area (Å²) in [4.78, 5) is 29.1. The maximum Gasteiger partial charge on any atom is 0.323 e. The number of hydrogen-bond acceptors (Lipinski definition) is 5. The van der Waals surface area contributed by atoms with Crippen molar-refractivity contribution in [1.82, 2.24) is 9.88 Å². The number of thiazole rings is 1. The average Bonchev–Trinajstić information content (AvgIpc) is 3.03. The molecule has 2 amide bonds. The van der Waals surface area contributed by atoms with Crippen LogP contribution in [0.25, 0.3) is 9.53 Å². The number of carbonyl (C=O) groups excluding carboxylic acids is 1. The van der Waals surface area contributed by atoms with Crippen LogP contribution in [0.3, 0.4) is 0 Å². The highest BCUT2D eigenvalue weighted by Gasteiger charge is 2.42. The second-order valence-corrected chi connectivity index (χ2v) is 7.25. The normalized spacial score (nSPS) is 22.4. The van der Waals surface area contributed by atoms with E-state index in [1.807, 2.05) is 11.4 Å². The van der Waals surface area contributed by atoms with Gasteiger partial charge in [-0.1, -0.05) is 11.3 Å². The molecule has 0 aromatic carbocycles. The van der Waals surface area contributed by atoms with Crippen LogP contribution in [0.15, 0.2) is 11.4 Å². The Morgan fingerprint density at radius 1 is 1.55 bits per heavy atom. The number of nitrogens with one attached hydrogen (secondary N) is 1. The number of carboxylic acid groups (broad SMARTS) is 1. The zero-order chi connectivity index (χ0) is 14.3. The van der Waals surface area contributed by atoms with E-state index < -0.39 is 11.4 Å². The van der Waals surface area contributed by atoms with E-state index in [0.29, 0.717) is 18.1 Å². The predicted octanol–water partition coefficient (Wildman–Crippen LogP) is 2.69. The number of rotatable bonds is 2. The number of carboxylic acids is 1. The molecule has 1 atom stereocenters. The lowest BCUT2D eigenvalue weighted by Gasteiger charge is -2.19. The van der Waals surface area contributed by atoms with Crippen molar-refractivity contribution in [2.75, 3.05) is 18.4 Å². The molecule has 1 fully saturated rings. The summed E-state index contributed by atoms with van der Waals surface area (Å²) in [6.45, 7) is 2.35. The molecule has 1 aliphatic rings. The number of urea groups is 1. The lowest BCUT2D eigenvalue weighted by Crippen LogP contribution is -2.37. The number of amides is 2. The van der Waals surface area contributed by atoms with Gasteiger partial charge in [-0.05, 0) is 24.8 Å². The Hall–Kier alpha value is -1.67. The van der Waals surface area contributed by atoms with Gasteiger partial charge in [-0.15, -0.1) is 11.3 Å². The van der Waals surface area contributed by atoms with E-state index >= 15 is 0 Å². The molecule has 2 N–H and O–H groups in total. The van der Waals surface area contributed by atoms with Gasteiger partial charge in [0.25, 0.3) is 0 Å². The lowest BCUT2D eigenvalue weighted by atomic mass is 9.90. The third kappa shape index (κ3) is 2.25.